The summed E-state index contributed by atoms with van der Waals surface area (Å²) in [7, 11) is -4.38. The standard InChI is InChI=1S/C35H45Si2.3CH3.Ti/c1-23-19-31(36(10,11)12)21-32(20-23)37(33-24(2)15-13-16-25(33)3,34-26(4)17-14-18-27(34)5)35(9)22-28(6)29(7)30(35)8;;;;/h13-21H,1-12H3;3*1H3;. The Kier molecular flexibility index (Phi) is 8.46. The second-order valence-electron chi connectivity index (χ2n) is 15.2. The fourth-order valence-electron chi connectivity index (χ4n) is 8.63. The molecule has 0 amide bonds. The zero-order valence-corrected chi connectivity index (χ0v) is 32.3. The van der Waals surface area contributed by atoms with Gasteiger partial charge in [-0.15, -0.1) is 0 Å². The molecule has 0 bridgehead atoms. The normalized spacial score (nSPS) is 18.5. The summed E-state index contributed by atoms with van der Waals surface area (Å²) in [6.07, 6.45) is 0. The van der Waals surface area contributed by atoms with Crippen LogP contribution in [0.4, 0.5) is 0 Å². The van der Waals surface area contributed by atoms with Gasteiger partial charge in [0.15, 0.2) is 0 Å². The van der Waals surface area contributed by atoms with Crippen LogP contribution in [-0.4, -0.2) is 16.1 Å². The second-order valence-corrected chi connectivity index (χ2v) is 32.2. The molecule has 0 aromatic heterocycles. The van der Waals surface area contributed by atoms with Crippen molar-refractivity contribution in [1.29, 1.82) is 0 Å². The summed E-state index contributed by atoms with van der Waals surface area (Å²) in [5, 5.41) is 14.3. The Morgan fingerprint density at radius 1 is 0.585 bits per heavy atom. The van der Waals surface area contributed by atoms with Crippen molar-refractivity contribution in [2.24, 2.45) is 0 Å². The average molecular weight is 615 g/mol. The van der Waals surface area contributed by atoms with E-state index in [2.05, 4.69) is 152 Å². The molecule has 0 fully saturated rings. The van der Waals surface area contributed by atoms with E-state index in [0.29, 0.717) is 0 Å². The van der Waals surface area contributed by atoms with Gasteiger partial charge in [-0.1, -0.05) is 0 Å². The van der Waals surface area contributed by atoms with E-state index in [0.717, 1.165) is 0 Å². The van der Waals surface area contributed by atoms with E-state index in [1.807, 2.05) is 3.88 Å². The number of rotatable bonds is 6. The Morgan fingerprint density at radius 3 is 1.39 bits per heavy atom. The van der Waals surface area contributed by atoms with E-state index >= 15 is 0 Å². The van der Waals surface area contributed by atoms with Gasteiger partial charge < -0.3 is 0 Å². The molecule has 0 nitrogen and oxygen atoms in total. The Morgan fingerprint density at radius 2 is 1.00 bits per heavy atom. The topological polar surface area (TPSA) is 0 Å². The summed E-state index contributed by atoms with van der Waals surface area (Å²) in [4.78, 5) is 0. The Hall–Kier alpha value is -1.71. The molecule has 1 aliphatic rings. The molecular weight excluding hydrogens is 560 g/mol. The maximum atomic E-state index is 2.71. The average Bonchev–Trinajstić information content (AvgIpc) is 3.02. The van der Waals surface area contributed by atoms with Crippen molar-refractivity contribution in [3.8, 4) is 0 Å². The Labute approximate surface area is 257 Å². The van der Waals surface area contributed by atoms with Gasteiger partial charge in [-0.3, -0.25) is 0 Å². The van der Waals surface area contributed by atoms with Crippen molar-refractivity contribution in [2.75, 3.05) is 0 Å². The second kappa shape index (κ2) is 10.8. The number of aryl methyl sites for hydroxylation is 5. The third-order valence-electron chi connectivity index (χ3n) is 10.3. The molecule has 4 rings (SSSR count). The van der Waals surface area contributed by atoms with E-state index < -0.39 is 32.7 Å². The molecule has 1 atom stereocenters. The van der Waals surface area contributed by atoms with Crippen molar-refractivity contribution in [1.82, 2.24) is 0 Å². The molecule has 0 saturated heterocycles. The van der Waals surface area contributed by atoms with Crippen LogP contribution in [0.1, 0.15) is 55.5 Å². The molecule has 41 heavy (non-hydrogen) atoms. The summed E-state index contributed by atoms with van der Waals surface area (Å²) >= 11 is -2.39. The SMILES string of the molecule is CC1=C(C)C(C)([Si](c2cc(C)cc([Si](C)(C)C)c2)(c2c(C)cccc2C)c2c(C)cccc2C)[C]([Ti]([CH3])([CH3])[CH3])=C1C. The molecule has 0 spiro atoms. The number of hydrogen-bond acceptors (Lipinski definition) is 0. The predicted octanol–water partition coefficient (Wildman–Crippen LogP) is 8.93. The summed E-state index contributed by atoms with van der Waals surface area (Å²) in [5.41, 5.74) is 12.0. The van der Waals surface area contributed by atoms with Crippen molar-refractivity contribution in [3.63, 3.8) is 0 Å². The van der Waals surface area contributed by atoms with Gasteiger partial charge in [0, 0.05) is 0 Å². The molecule has 1 unspecified atom stereocenters. The van der Waals surface area contributed by atoms with E-state index in [1.165, 1.54) is 33.4 Å². The monoisotopic (exact) mass is 614 g/mol. The van der Waals surface area contributed by atoms with Gasteiger partial charge in [-0.2, -0.15) is 0 Å². The van der Waals surface area contributed by atoms with Crippen molar-refractivity contribution >= 4 is 36.9 Å². The third-order valence-corrected chi connectivity index (χ3v) is 22.8. The molecule has 3 heteroatoms. The molecule has 0 heterocycles. The van der Waals surface area contributed by atoms with Gasteiger partial charge in [0.1, 0.15) is 0 Å². The molecule has 0 radical (unpaired) electrons. The molecule has 0 N–H and O–H groups in total. The van der Waals surface area contributed by atoms with Crippen LogP contribution in [-0.2, 0) is 16.6 Å². The van der Waals surface area contributed by atoms with E-state index in [4.69, 9.17) is 0 Å². The van der Waals surface area contributed by atoms with Gasteiger partial charge >= 0.3 is 259 Å². The third kappa shape index (κ3) is 4.91. The zero-order valence-electron chi connectivity index (χ0n) is 28.7. The Bertz CT molecular complexity index is 1500. The zero-order chi connectivity index (χ0) is 30.9. The fraction of sp³-hybridized carbons (Fsp3) is 0.421. The number of benzene rings is 3. The molecule has 218 valence electrons. The van der Waals surface area contributed by atoms with Crippen LogP contribution in [0.3, 0.4) is 0 Å². The minimum atomic E-state index is -2.80. The number of hydrogen-bond donors (Lipinski definition) is 0. The first-order valence-electron chi connectivity index (χ1n) is 15.5. The summed E-state index contributed by atoms with van der Waals surface area (Å²) < 4.78 is 1.82. The van der Waals surface area contributed by atoms with Gasteiger partial charge in [0.2, 0.25) is 0 Å². The first-order chi connectivity index (χ1) is 18.8. The molecule has 3 aromatic carbocycles. The predicted molar refractivity (Wildman–Crippen MR) is 188 cm³/mol. The molecule has 0 saturated carbocycles. The number of allylic oxidation sites excluding steroid dienone is 4. The van der Waals surface area contributed by atoms with E-state index in [9.17, 15) is 0 Å². The van der Waals surface area contributed by atoms with Crippen LogP contribution in [0.15, 0.2) is 75.2 Å². The van der Waals surface area contributed by atoms with Crippen LogP contribution in [0.25, 0.3) is 0 Å². The molecule has 3 aromatic rings. The summed E-state index contributed by atoms with van der Waals surface area (Å²) in [6.45, 7) is 29.5. The quantitative estimate of drug-likeness (QED) is 0.192. The van der Waals surface area contributed by atoms with Crippen molar-refractivity contribution in [2.45, 2.75) is 103 Å². The van der Waals surface area contributed by atoms with Crippen LogP contribution < -0.4 is 20.7 Å². The van der Waals surface area contributed by atoms with Crippen molar-refractivity contribution in [3.05, 3.63) is 103 Å². The van der Waals surface area contributed by atoms with Crippen LogP contribution in [0.2, 0.25) is 40.4 Å². The fourth-order valence-corrected chi connectivity index (χ4v) is 24.4. The maximum absolute atomic E-state index is 2.80. The minimum absolute atomic E-state index is 0.0579. The van der Waals surface area contributed by atoms with E-state index in [1.54, 1.807) is 31.9 Å². The van der Waals surface area contributed by atoms with Gasteiger partial charge in [-0.25, -0.2) is 0 Å². The molecule has 1 aliphatic carbocycles. The van der Waals surface area contributed by atoms with Gasteiger partial charge in [0.25, 0.3) is 0 Å². The van der Waals surface area contributed by atoms with E-state index in [-0.39, 0.29) is 5.04 Å². The summed E-state index contributed by atoms with van der Waals surface area (Å²) in [5.74, 6) is 0. The van der Waals surface area contributed by atoms with Crippen LogP contribution >= 0.6 is 0 Å². The first-order valence-corrected chi connectivity index (χ1v) is 26.4. The van der Waals surface area contributed by atoms with Gasteiger partial charge in [-0.05, 0) is 0 Å². The van der Waals surface area contributed by atoms with Gasteiger partial charge in [0.05, 0.1) is 0 Å². The van der Waals surface area contributed by atoms with Crippen LogP contribution in [0.5, 0.6) is 0 Å². The first kappa shape index (κ1) is 32.2. The molecular formula is C38H54Si2Ti. The van der Waals surface area contributed by atoms with Crippen molar-refractivity contribution < 1.29 is 16.6 Å². The Balaban J connectivity index is 2.47. The molecule has 0 aliphatic heterocycles. The van der Waals surface area contributed by atoms with Crippen LogP contribution in [0, 0.1) is 34.6 Å². The summed E-state index contributed by atoms with van der Waals surface area (Å²) in [6, 6.07) is 21.9.